The molecule has 51 heavy (non-hydrogen) atoms. The zero-order valence-electron chi connectivity index (χ0n) is 26.8. The van der Waals surface area contributed by atoms with E-state index in [2.05, 4.69) is 16.0 Å². The van der Waals surface area contributed by atoms with E-state index in [1.165, 1.54) is 18.2 Å². The molecule has 0 spiro atoms. The Balaban J connectivity index is 1.01. The second kappa shape index (κ2) is 13.5. The normalized spacial score (nSPS) is 15.4. The van der Waals surface area contributed by atoms with Gasteiger partial charge in [0, 0.05) is 48.5 Å². The van der Waals surface area contributed by atoms with Crippen molar-refractivity contribution in [1.82, 2.24) is 20.5 Å². The summed E-state index contributed by atoms with van der Waals surface area (Å²) in [7, 11) is 0. The number of hydrogen-bond acceptors (Lipinski definition) is 10. The number of pyridine rings is 1. The summed E-state index contributed by atoms with van der Waals surface area (Å²) < 4.78 is 5.58. The first-order valence-corrected chi connectivity index (χ1v) is 16.0. The van der Waals surface area contributed by atoms with Gasteiger partial charge in [-0.15, -0.1) is 0 Å². The van der Waals surface area contributed by atoms with Crippen LogP contribution in [0.15, 0.2) is 102 Å². The highest BCUT2D eigenvalue weighted by atomic mass is 16.6. The van der Waals surface area contributed by atoms with Crippen molar-refractivity contribution in [2.24, 2.45) is 0 Å². The molecular formula is C37H28N6O8. The van der Waals surface area contributed by atoms with E-state index in [4.69, 9.17) is 9.40 Å². The summed E-state index contributed by atoms with van der Waals surface area (Å²) >= 11 is 0. The fraction of sp³-hybridized carbons (Fsp3) is 0.135. The number of anilines is 1. The molecule has 2 aliphatic rings. The van der Waals surface area contributed by atoms with Crippen molar-refractivity contribution in [1.29, 1.82) is 0 Å². The van der Waals surface area contributed by atoms with E-state index in [1.807, 2.05) is 12.1 Å². The molecule has 0 radical (unpaired) electrons. The van der Waals surface area contributed by atoms with Crippen molar-refractivity contribution >= 4 is 40.9 Å². The van der Waals surface area contributed by atoms with Gasteiger partial charge < -0.3 is 15.1 Å². The quantitative estimate of drug-likeness (QED) is 0.0794. The number of non-ortho nitro benzene ring substituents is 1. The van der Waals surface area contributed by atoms with Gasteiger partial charge in [-0.1, -0.05) is 18.2 Å². The van der Waals surface area contributed by atoms with Gasteiger partial charge in [-0.25, -0.2) is 4.98 Å². The van der Waals surface area contributed by atoms with Crippen LogP contribution in [-0.2, 0) is 9.59 Å². The number of nitro benzene ring substituents is 1. The number of carbonyl (C=O) groups excluding carboxylic acids is 5. The highest BCUT2D eigenvalue weighted by Gasteiger charge is 2.45. The molecule has 5 amide bonds. The van der Waals surface area contributed by atoms with E-state index in [1.54, 1.807) is 66.9 Å². The largest absolute Gasteiger partial charge is 0.463 e. The lowest BCUT2D eigenvalue weighted by atomic mass is 10.00. The Kier molecular flexibility index (Phi) is 8.63. The van der Waals surface area contributed by atoms with Crippen molar-refractivity contribution in [2.75, 3.05) is 18.4 Å². The highest BCUT2D eigenvalue weighted by Crippen LogP contribution is 2.33. The Bertz CT molecular complexity index is 2210. The minimum atomic E-state index is -1.07. The molecule has 3 aromatic carbocycles. The number of nitro groups is 1. The summed E-state index contributed by atoms with van der Waals surface area (Å²) in [5, 5.41) is 19.3. The van der Waals surface area contributed by atoms with Gasteiger partial charge in [0.2, 0.25) is 11.8 Å². The maximum absolute atomic E-state index is 13.3. The predicted molar refractivity (Wildman–Crippen MR) is 183 cm³/mol. The fourth-order valence-corrected chi connectivity index (χ4v) is 6.10. The Morgan fingerprint density at radius 2 is 1.63 bits per heavy atom. The molecule has 254 valence electrons. The van der Waals surface area contributed by atoms with Crippen LogP contribution >= 0.6 is 0 Å². The van der Waals surface area contributed by atoms with Crippen molar-refractivity contribution in [3.8, 4) is 33.8 Å². The molecule has 1 saturated heterocycles. The van der Waals surface area contributed by atoms with Crippen LogP contribution in [0.3, 0.4) is 0 Å². The molecule has 2 aliphatic heterocycles. The number of piperidine rings is 1. The van der Waals surface area contributed by atoms with Crippen LogP contribution in [0.5, 0.6) is 0 Å². The molecule has 0 aliphatic carbocycles. The van der Waals surface area contributed by atoms with E-state index in [0.717, 1.165) is 16.0 Å². The molecule has 7 rings (SSSR count). The van der Waals surface area contributed by atoms with Gasteiger partial charge in [0.25, 0.3) is 23.4 Å². The third-order valence-electron chi connectivity index (χ3n) is 8.65. The van der Waals surface area contributed by atoms with Gasteiger partial charge in [0.05, 0.1) is 28.0 Å². The number of imide groups is 2. The standard InChI is InChI=1S/C37H28N6O8/c44-32-15-14-30(35(46)41-32)42-36(47)26-3-1-4-27(33(26)37(42)48)38-16-17-39-34(45)23-8-6-21(7-9-23)24-19-28(22-10-12-25(13-11-22)43(49)50)40-29(20-24)31-5-2-18-51-31/h1-13,18-20,30,38H,14-17H2,(H,39,45)(H,41,44,46). The van der Waals surface area contributed by atoms with Crippen molar-refractivity contribution in [3.05, 3.63) is 124 Å². The zero-order valence-corrected chi connectivity index (χ0v) is 26.8. The molecule has 4 heterocycles. The number of benzene rings is 3. The van der Waals surface area contributed by atoms with E-state index in [0.29, 0.717) is 34.0 Å². The smallest absolute Gasteiger partial charge is 0.269 e. The Hall–Kier alpha value is -6.96. The molecule has 0 saturated carbocycles. The molecule has 2 aromatic heterocycles. The van der Waals surface area contributed by atoms with E-state index >= 15 is 0 Å². The SMILES string of the molecule is O=C1CCC(N2C(=O)c3cccc(NCCNC(=O)c4ccc(-c5cc(-c6ccc([N+](=O)[O-])cc6)nc(-c6ccco6)c5)cc4)c3C2=O)C(=O)N1. The number of hydrogen-bond donors (Lipinski definition) is 3. The van der Waals surface area contributed by atoms with Crippen LogP contribution < -0.4 is 16.0 Å². The second-order valence-electron chi connectivity index (χ2n) is 11.8. The number of nitrogens with zero attached hydrogens (tertiary/aromatic N) is 3. The van der Waals surface area contributed by atoms with Crippen LogP contribution in [0.2, 0.25) is 0 Å². The summed E-state index contributed by atoms with van der Waals surface area (Å²) in [6, 6.07) is 24.1. The van der Waals surface area contributed by atoms with Crippen LogP contribution in [0.25, 0.3) is 33.8 Å². The average Bonchev–Trinajstić information content (AvgIpc) is 3.77. The number of rotatable bonds is 10. The van der Waals surface area contributed by atoms with Gasteiger partial charge in [-0.05, 0) is 78.2 Å². The lowest BCUT2D eigenvalue weighted by Gasteiger charge is -2.27. The van der Waals surface area contributed by atoms with E-state index in [9.17, 15) is 34.1 Å². The van der Waals surface area contributed by atoms with Gasteiger partial charge in [-0.2, -0.15) is 0 Å². The number of furan rings is 1. The first-order chi connectivity index (χ1) is 24.7. The molecule has 1 fully saturated rings. The van der Waals surface area contributed by atoms with Crippen molar-refractivity contribution in [3.63, 3.8) is 0 Å². The molecule has 3 N–H and O–H groups in total. The number of fused-ring (bicyclic) bond motifs is 1. The lowest BCUT2D eigenvalue weighted by Crippen LogP contribution is -2.54. The number of carbonyl (C=O) groups is 5. The molecule has 14 nitrogen and oxygen atoms in total. The summed E-state index contributed by atoms with van der Waals surface area (Å²) in [4.78, 5) is 79.7. The summed E-state index contributed by atoms with van der Waals surface area (Å²) in [5.74, 6) is -2.13. The molecule has 14 heteroatoms. The van der Waals surface area contributed by atoms with E-state index in [-0.39, 0.29) is 48.7 Å². The maximum atomic E-state index is 13.3. The second-order valence-corrected chi connectivity index (χ2v) is 11.8. The Morgan fingerprint density at radius 3 is 2.33 bits per heavy atom. The average molecular weight is 685 g/mol. The maximum Gasteiger partial charge on any atom is 0.269 e. The Labute approximate surface area is 289 Å². The number of nitrogens with one attached hydrogen (secondary N) is 3. The van der Waals surface area contributed by atoms with Crippen LogP contribution in [0, 0.1) is 10.1 Å². The molecule has 1 atom stereocenters. The highest BCUT2D eigenvalue weighted by molar-refractivity contribution is 6.25. The third-order valence-corrected chi connectivity index (χ3v) is 8.65. The zero-order chi connectivity index (χ0) is 35.6. The first-order valence-electron chi connectivity index (χ1n) is 16.0. The van der Waals surface area contributed by atoms with Crippen molar-refractivity contribution in [2.45, 2.75) is 18.9 Å². The summed E-state index contributed by atoms with van der Waals surface area (Å²) in [5.41, 5.74) is 4.50. The minimum Gasteiger partial charge on any atom is -0.463 e. The van der Waals surface area contributed by atoms with E-state index < -0.39 is 34.6 Å². The van der Waals surface area contributed by atoms with Gasteiger partial charge in [-0.3, -0.25) is 44.3 Å². The predicted octanol–water partition coefficient (Wildman–Crippen LogP) is 4.83. The first kappa shape index (κ1) is 32.6. The number of aromatic nitrogens is 1. The molecular weight excluding hydrogens is 656 g/mol. The summed E-state index contributed by atoms with van der Waals surface area (Å²) in [6.07, 6.45) is 1.63. The summed E-state index contributed by atoms with van der Waals surface area (Å²) in [6.45, 7) is 0.427. The van der Waals surface area contributed by atoms with Crippen molar-refractivity contribution < 1.29 is 33.3 Å². The third kappa shape index (κ3) is 6.45. The van der Waals surface area contributed by atoms with Crippen LogP contribution in [-0.4, -0.2) is 63.5 Å². The lowest BCUT2D eigenvalue weighted by molar-refractivity contribution is -0.384. The topological polar surface area (TPSA) is 194 Å². The Morgan fingerprint density at radius 1 is 0.882 bits per heavy atom. The monoisotopic (exact) mass is 684 g/mol. The molecule has 0 bridgehead atoms. The van der Waals surface area contributed by atoms with Gasteiger partial charge in [0.15, 0.2) is 5.76 Å². The fourth-order valence-electron chi connectivity index (χ4n) is 6.10. The molecule has 5 aromatic rings. The van der Waals surface area contributed by atoms with Crippen LogP contribution in [0.4, 0.5) is 11.4 Å². The van der Waals surface area contributed by atoms with Gasteiger partial charge >= 0.3 is 0 Å². The number of amides is 5. The molecule has 1 unspecified atom stereocenters. The van der Waals surface area contributed by atoms with Crippen LogP contribution in [0.1, 0.15) is 43.9 Å². The van der Waals surface area contributed by atoms with Gasteiger partial charge in [0.1, 0.15) is 11.7 Å². The minimum absolute atomic E-state index is 0.0268.